The Kier molecular flexibility index (Phi) is 5.12. The second-order valence-corrected chi connectivity index (χ2v) is 4.41. The molecule has 2 N–H and O–H groups in total. The molecule has 0 unspecified atom stereocenters. The summed E-state index contributed by atoms with van der Waals surface area (Å²) in [4.78, 5) is 12.3. The fraction of sp³-hybridized carbons (Fsp3) is 0.118. The lowest BCUT2D eigenvalue weighted by molar-refractivity contribution is 0.102. The monoisotopic (exact) mass is 283 g/mol. The molecule has 0 atom stereocenters. The zero-order valence-electron chi connectivity index (χ0n) is 11.6. The summed E-state index contributed by atoms with van der Waals surface area (Å²) in [7, 11) is 0. The number of benzene rings is 2. The lowest BCUT2D eigenvalue weighted by atomic mass is 10.1. The summed E-state index contributed by atoms with van der Waals surface area (Å²) in [6, 6.07) is 14.1. The number of carbonyl (C=O) groups is 1. The Bertz CT molecular complexity index is 637. The van der Waals surface area contributed by atoms with Crippen LogP contribution in [0.2, 0.25) is 0 Å². The number of hydrogen-bond acceptors (Lipinski definition) is 3. The summed E-state index contributed by atoms with van der Waals surface area (Å²) in [5.74, 6) is 0.248. The van der Waals surface area contributed by atoms with E-state index in [0.717, 1.165) is 5.56 Å². The van der Waals surface area contributed by atoms with Crippen molar-refractivity contribution in [1.82, 2.24) is 0 Å². The number of aliphatic hydroxyl groups is 1. The Morgan fingerprint density at radius 2 is 2.05 bits per heavy atom. The van der Waals surface area contributed by atoms with Gasteiger partial charge in [0.2, 0.25) is 0 Å². The van der Waals surface area contributed by atoms with Crippen LogP contribution in [0.4, 0.5) is 5.69 Å². The van der Waals surface area contributed by atoms with Crippen molar-refractivity contribution in [3.63, 3.8) is 0 Å². The lowest BCUT2D eigenvalue weighted by Crippen LogP contribution is -2.13. The van der Waals surface area contributed by atoms with Crippen LogP contribution in [0.15, 0.2) is 61.2 Å². The normalized spacial score (nSPS) is 9.95. The zero-order valence-corrected chi connectivity index (χ0v) is 11.6. The Labute approximate surface area is 123 Å². The van der Waals surface area contributed by atoms with Crippen LogP contribution in [0, 0.1) is 0 Å². The van der Waals surface area contributed by atoms with E-state index in [-0.39, 0.29) is 12.5 Å². The predicted molar refractivity (Wildman–Crippen MR) is 82.5 cm³/mol. The molecule has 0 bridgehead atoms. The van der Waals surface area contributed by atoms with Crippen LogP contribution in [0.5, 0.6) is 5.75 Å². The molecule has 0 heterocycles. The van der Waals surface area contributed by atoms with Crippen molar-refractivity contribution in [3.05, 3.63) is 72.3 Å². The number of hydrogen-bond donors (Lipinski definition) is 2. The Balaban J connectivity index is 2.17. The number of aliphatic hydroxyl groups excluding tert-OH is 1. The first-order chi connectivity index (χ1) is 10.2. The van der Waals surface area contributed by atoms with Crippen LogP contribution in [-0.4, -0.2) is 17.6 Å². The van der Waals surface area contributed by atoms with E-state index in [1.807, 2.05) is 6.07 Å². The highest BCUT2D eigenvalue weighted by atomic mass is 16.5. The van der Waals surface area contributed by atoms with Crippen molar-refractivity contribution in [2.45, 2.75) is 6.61 Å². The molecule has 108 valence electrons. The minimum Gasteiger partial charge on any atom is -0.489 e. The zero-order chi connectivity index (χ0) is 15.1. The highest BCUT2D eigenvalue weighted by molar-refractivity contribution is 6.06. The maximum Gasteiger partial charge on any atom is 0.259 e. The Morgan fingerprint density at radius 3 is 2.81 bits per heavy atom. The summed E-state index contributed by atoms with van der Waals surface area (Å²) in [6.07, 6.45) is 1.62. The summed E-state index contributed by atoms with van der Waals surface area (Å²) in [5, 5.41) is 11.9. The van der Waals surface area contributed by atoms with Crippen LogP contribution < -0.4 is 10.1 Å². The van der Waals surface area contributed by atoms with Crippen molar-refractivity contribution < 1.29 is 14.6 Å². The topological polar surface area (TPSA) is 58.6 Å². The van der Waals surface area contributed by atoms with E-state index >= 15 is 0 Å². The van der Waals surface area contributed by atoms with E-state index < -0.39 is 0 Å². The molecule has 0 aromatic heterocycles. The van der Waals surface area contributed by atoms with Gasteiger partial charge in [-0.15, -0.1) is 0 Å². The fourth-order valence-corrected chi connectivity index (χ4v) is 1.87. The van der Waals surface area contributed by atoms with Gasteiger partial charge < -0.3 is 15.2 Å². The van der Waals surface area contributed by atoms with E-state index in [9.17, 15) is 4.79 Å². The second-order valence-electron chi connectivity index (χ2n) is 4.41. The highest BCUT2D eigenvalue weighted by Crippen LogP contribution is 2.20. The quantitative estimate of drug-likeness (QED) is 0.801. The van der Waals surface area contributed by atoms with Crippen molar-refractivity contribution in [2.24, 2.45) is 0 Å². The number of amides is 1. The van der Waals surface area contributed by atoms with Crippen LogP contribution in [0.25, 0.3) is 0 Å². The molecule has 0 radical (unpaired) electrons. The van der Waals surface area contributed by atoms with Gasteiger partial charge in [0.15, 0.2) is 0 Å². The largest absolute Gasteiger partial charge is 0.489 e. The Hall–Kier alpha value is -2.59. The fourth-order valence-electron chi connectivity index (χ4n) is 1.87. The van der Waals surface area contributed by atoms with E-state index in [1.165, 1.54) is 0 Å². The van der Waals surface area contributed by atoms with Gasteiger partial charge in [0, 0.05) is 5.69 Å². The first-order valence-electron chi connectivity index (χ1n) is 6.58. The first kappa shape index (κ1) is 14.8. The van der Waals surface area contributed by atoms with E-state index in [2.05, 4.69) is 11.9 Å². The maximum atomic E-state index is 12.3. The number of para-hydroxylation sites is 1. The van der Waals surface area contributed by atoms with Crippen LogP contribution in [0.3, 0.4) is 0 Å². The molecule has 2 rings (SSSR count). The molecule has 0 aliphatic heterocycles. The SMILES string of the molecule is C=CCOc1ccccc1C(=O)Nc1cccc(CO)c1. The first-order valence-corrected chi connectivity index (χ1v) is 6.58. The van der Waals surface area contributed by atoms with Gasteiger partial charge in [-0.25, -0.2) is 0 Å². The number of ether oxygens (including phenoxy) is 1. The van der Waals surface area contributed by atoms with Gasteiger partial charge in [0.1, 0.15) is 12.4 Å². The highest BCUT2D eigenvalue weighted by Gasteiger charge is 2.12. The molecular weight excluding hydrogens is 266 g/mol. The third-order valence-electron chi connectivity index (χ3n) is 2.86. The Morgan fingerprint density at radius 1 is 1.24 bits per heavy atom. The molecule has 1 amide bonds. The third-order valence-corrected chi connectivity index (χ3v) is 2.86. The minimum absolute atomic E-state index is 0.0667. The lowest BCUT2D eigenvalue weighted by Gasteiger charge is -2.11. The number of anilines is 1. The van der Waals surface area contributed by atoms with Crippen molar-refractivity contribution in [1.29, 1.82) is 0 Å². The third kappa shape index (κ3) is 3.94. The number of nitrogens with one attached hydrogen (secondary N) is 1. The maximum absolute atomic E-state index is 12.3. The summed E-state index contributed by atoms with van der Waals surface area (Å²) >= 11 is 0. The molecule has 2 aromatic carbocycles. The average molecular weight is 283 g/mol. The molecular formula is C17H17NO3. The standard InChI is InChI=1S/C17H17NO3/c1-2-10-21-16-9-4-3-8-15(16)17(20)18-14-7-5-6-13(11-14)12-19/h2-9,11,19H,1,10,12H2,(H,18,20). The smallest absolute Gasteiger partial charge is 0.259 e. The van der Waals surface area contributed by atoms with Crippen LogP contribution >= 0.6 is 0 Å². The van der Waals surface area contributed by atoms with Crippen molar-refractivity contribution in [2.75, 3.05) is 11.9 Å². The second kappa shape index (κ2) is 7.26. The van der Waals surface area contributed by atoms with Gasteiger partial charge in [0.05, 0.1) is 12.2 Å². The van der Waals surface area contributed by atoms with Gasteiger partial charge >= 0.3 is 0 Å². The number of carbonyl (C=O) groups excluding carboxylic acids is 1. The van der Waals surface area contributed by atoms with Crippen molar-refractivity contribution >= 4 is 11.6 Å². The minimum atomic E-state index is -0.259. The van der Waals surface area contributed by atoms with Gasteiger partial charge in [-0.2, -0.15) is 0 Å². The molecule has 0 saturated carbocycles. The molecule has 0 fully saturated rings. The van der Waals surface area contributed by atoms with Gasteiger partial charge in [-0.1, -0.05) is 36.9 Å². The van der Waals surface area contributed by atoms with Crippen LogP contribution in [-0.2, 0) is 6.61 Å². The van der Waals surface area contributed by atoms with Gasteiger partial charge in [-0.05, 0) is 29.8 Å². The van der Waals surface area contributed by atoms with E-state index in [1.54, 1.807) is 48.5 Å². The predicted octanol–water partition coefficient (Wildman–Crippen LogP) is 3.00. The molecule has 21 heavy (non-hydrogen) atoms. The summed E-state index contributed by atoms with van der Waals surface area (Å²) < 4.78 is 5.47. The van der Waals surface area contributed by atoms with Gasteiger partial charge in [-0.3, -0.25) is 4.79 Å². The molecule has 0 aliphatic rings. The molecule has 0 spiro atoms. The molecule has 2 aromatic rings. The average Bonchev–Trinajstić information content (AvgIpc) is 2.53. The molecule has 4 heteroatoms. The molecule has 0 saturated heterocycles. The summed E-state index contributed by atoms with van der Waals surface area (Å²) in [6.45, 7) is 3.86. The number of rotatable bonds is 6. The van der Waals surface area contributed by atoms with E-state index in [0.29, 0.717) is 23.6 Å². The summed E-state index contributed by atoms with van der Waals surface area (Å²) in [5.41, 5.74) is 1.82. The van der Waals surface area contributed by atoms with Crippen molar-refractivity contribution in [3.8, 4) is 5.75 Å². The van der Waals surface area contributed by atoms with E-state index in [4.69, 9.17) is 9.84 Å². The molecule has 0 aliphatic carbocycles. The van der Waals surface area contributed by atoms with Crippen LogP contribution in [0.1, 0.15) is 15.9 Å². The molecule has 4 nitrogen and oxygen atoms in total. The van der Waals surface area contributed by atoms with Gasteiger partial charge in [0.25, 0.3) is 5.91 Å².